The van der Waals surface area contributed by atoms with Crippen LogP contribution in [0.2, 0.25) is 0 Å². The molecule has 2 unspecified atom stereocenters. The molecule has 0 saturated carbocycles. The van der Waals surface area contributed by atoms with Crippen molar-refractivity contribution in [2.75, 3.05) is 13.2 Å². The SMILES string of the molecule is C=CN(CC)C(=O)C1=CC(OCC)C(C)(Br)C=C1. The Morgan fingerprint density at radius 2 is 2.33 bits per heavy atom. The van der Waals surface area contributed by atoms with E-state index in [0.29, 0.717) is 18.7 Å². The number of carbonyl (C=O) groups excluding carboxylic acids is 1. The van der Waals surface area contributed by atoms with Gasteiger partial charge in [0.05, 0.1) is 10.4 Å². The van der Waals surface area contributed by atoms with E-state index in [4.69, 9.17) is 4.74 Å². The number of hydrogen-bond donors (Lipinski definition) is 0. The Morgan fingerprint density at radius 1 is 1.67 bits per heavy atom. The van der Waals surface area contributed by atoms with E-state index in [9.17, 15) is 4.79 Å². The van der Waals surface area contributed by atoms with E-state index in [1.807, 2.05) is 39.0 Å². The molecule has 0 spiro atoms. The summed E-state index contributed by atoms with van der Waals surface area (Å²) in [6.07, 6.45) is 7.06. The van der Waals surface area contributed by atoms with Crippen molar-refractivity contribution in [1.82, 2.24) is 4.90 Å². The number of halogens is 1. The van der Waals surface area contributed by atoms with Gasteiger partial charge in [0.25, 0.3) is 5.91 Å². The number of amides is 1. The molecular formula is C14H20BrNO2. The molecule has 1 aliphatic carbocycles. The van der Waals surface area contributed by atoms with Gasteiger partial charge in [0, 0.05) is 18.7 Å². The molecule has 0 fully saturated rings. The van der Waals surface area contributed by atoms with Crippen molar-refractivity contribution < 1.29 is 9.53 Å². The van der Waals surface area contributed by atoms with Gasteiger partial charge in [-0.1, -0.05) is 34.7 Å². The molecule has 1 aliphatic rings. The minimum Gasteiger partial charge on any atom is -0.373 e. The predicted octanol–water partition coefficient (Wildman–Crippen LogP) is 3.03. The normalized spacial score (nSPS) is 26.7. The van der Waals surface area contributed by atoms with Crippen molar-refractivity contribution in [2.45, 2.75) is 31.2 Å². The van der Waals surface area contributed by atoms with Crippen LogP contribution in [-0.4, -0.2) is 34.4 Å². The fourth-order valence-electron chi connectivity index (χ4n) is 1.78. The van der Waals surface area contributed by atoms with Gasteiger partial charge in [-0.2, -0.15) is 0 Å². The Morgan fingerprint density at radius 3 is 2.83 bits per heavy atom. The lowest BCUT2D eigenvalue weighted by Crippen LogP contribution is -2.36. The first-order valence-corrected chi connectivity index (χ1v) is 6.90. The number of nitrogens with zero attached hydrogens (tertiary/aromatic N) is 1. The fourth-order valence-corrected chi connectivity index (χ4v) is 2.18. The van der Waals surface area contributed by atoms with E-state index in [1.165, 1.54) is 0 Å². The van der Waals surface area contributed by atoms with Crippen LogP contribution in [0.1, 0.15) is 20.8 Å². The van der Waals surface area contributed by atoms with Crippen LogP contribution in [0.3, 0.4) is 0 Å². The van der Waals surface area contributed by atoms with Gasteiger partial charge < -0.3 is 9.64 Å². The van der Waals surface area contributed by atoms with Gasteiger partial charge in [-0.15, -0.1) is 0 Å². The molecular weight excluding hydrogens is 294 g/mol. The molecule has 2 atom stereocenters. The number of likely N-dealkylation sites (N-methyl/N-ethyl adjacent to an activating group) is 1. The second-order valence-corrected chi connectivity index (χ2v) is 5.96. The number of hydrogen-bond acceptors (Lipinski definition) is 2. The van der Waals surface area contributed by atoms with Crippen molar-refractivity contribution in [3.63, 3.8) is 0 Å². The summed E-state index contributed by atoms with van der Waals surface area (Å²) in [6.45, 7) is 10.7. The third-order valence-electron chi connectivity index (χ3n) is 2.89. The van der Waals surface area contributed by atoms with E-state index in [2.05, 4.69) is 22.5 Å². The Kier molecular flexibility index (Phi) is 5.35. The van der Waals surface area contributed by atoms with E-state index in [0.717, 1.165) is 0 Å². The summed E-state index contributed by atoms with van der Waals surface area (Å²) in [5.74, 6) is -0.0450. The van der Waals surface area contributed by atoms with Crippen molar-refractivity contribution in [2.24, 2.45) is 0 Å². The summed E-state index contributed by atoms with van der Waals surface area (Å²) in [4.78, 5) is 13.8. The predicted molar refractivity (Wildman–Crippen MR) is 77.6 cm³/mol. The molecule has 0 aromatic rings. The molecule has 3 nitrogen and oxygen atoms in total. The largest absolute Gasteiger partial charge is 0.373 e. The highest BCUT2D eigenvalue weighted by Crippen LogP contribution is 2.32. The molecule has 0 radical (unpaired) electrons. The van der Waals surface area contributed by atoms with Crippen LogP contribution in [0.5, 0.6) is 0 Å². The standard InChI is InChI=1S/C14H20BrNO2/c1-5-16(6-2)13(17)11-8-9-14(4,15)12(10-11)18-7-3/h5,8-10,12H,1,6-7H2,2-4H3. The third-order valence-corrected chi connectivity index (χ3v) is 3.61. The fraction of sp³-hybridized carbons (Fsp3) is 0.500. The molecule has 0 aliphatic heterocycles. The lowest BCUT2D eigenvalue weighted by molar-refractivity contribution is -0.124. The van der Waals surface area contributed by atoms with Crippen molar-refractivity contribution >= 4 is 21.8 Å². The number of rotatable bonds is 5. The van der Waals surface area contributed by atoms with Gasteiger partial charge in [-0.05, 0) is 33.0 Å². The summed E-state index contributed by atoms with van der Waals surface area (Å²) >= 11 is 3.61. The molecule has 18 heavy (non-hydrogen) atoms. The summed E-state index contributed by atoms with van der Waals surface area (Å²) in [5.41, 5.74) is 0.645. The highest BCUT2D eigenvalue weighted by Gasteiger charge is 2.32. The molecule has 1 amide bonds. The van der Waals surface area contributed by atoms with Gasteiger partial charge in [-0.25, -0.2) is 0 Å². The molecule has 0 aromatic heterocycles. The van der Waals surface area contributed by atoms with Gasteiger partial charge in [-0.3, -0.25) is 4.79 Å². The van der Waals surface area contributed by atoms with Gasteiger partial charge in [0.15, 0.2) is 0 Å². The van der Waals surface area contributed by atoms with Gasteiger partial charge in [0.1, 0.15) is 0 Å². The highest BCUT2D eigenvalue weighted by atomic mass is 79.9. The first kappa shape index (κ1) is 15.2. The number of ether oxygens (including phenoxy) is 1. The van der Waals surface area contributed by atoms with E-state index >= 15 is 0 Å². The van der Waals surface area contributed by atoms with Crippen LogP contribution in [0, 0.1) is 0 Å². The number of alkyl halides is 1. The second kappa shape index (κ2) is 6.34. The Labute approximate surface area is 117 Å². The molecule has 0 bridgehead atoms. The maximum absolute atomic E-state index is 12.2. The maximum atomic E-state index is 12.2. The van der Waals surface area contributed by atoms with Crippen LogP contribution in [0.15, 0.2) is 36.6 Å². The van der Waals surface area contributed by atoms with Crippen LogP contribution in [0.25, 0.3) is 0 Å². The minimum absolute atomic E-state index is 0.0450. The average molecular weight is 314 g/mol. The summed E-state index contributed by atoms with van der Waals surface area (Å²) < 4.78 is 5.39. The smallest absolute Gasteiger partial charge is 0.257 e. The van der Waals surface area contributed by atoms with Gasteiger partial charge in [0.2, 0.25) is 0 Å². The van der Waals surface area contributed by atoms with Crippen molar-refractivity contribution in [3.05, 3.63) is 36.6 Å². The van der Waals surface area contributed by atoms with Crippen LogP contribution in [0.4, 0.5) is 0 Å². The molecule has 0 heterocycles. The first-order chi connectivity index (χ1) is 8.46. The quantitative estimate of drug-likeness (QED) is 0.730. The zero-order valence-electron chi connectivity index (χ0n) is 11.1. The van der Waals surface area contributed by atoms with Crippen LogP contribution in [-0.2, 0) is 9.53 Å². The minimum atomic E-state index is -0.266. The zero-order chi connectivity index (χ0) is 13.8. The maximum Gasteiger partial charge on any atom is 0.257 e. The average Bonchev–Trinajstić information content (AvgIpc) is 2.33. The first-order valence-electron chi connectivity index (χ1n) is 6.11. The molecule has 0 saturated heterocycles. The van der Waals surface area contributed by atoms with E-state index in [1.54, 1.807) is 11.1 Å². The summed E-state index contributed by atoms with van der Waals surface area (Å²) in [6, 6.07) is 0. The van der Waals surface area contributed by atoms with Crippen LogP contribution >= 0.6 is 15.9 Å². The lowest BCUT2D eigenvalue weighted by atomic mass is 9.94. The Balaban J connectivity index is 2.94. The Hall–Kier alpha value is -0.870. The van der Waals surface area contributed by atoms with E-state index < -0.39 is 0 Å². The Bertz CT molecular complexity index is 385. The lowest BCUT2D eigenvalue weighted by Gasteiger charge is -2.31. The molecule has 0 aromatic carbocycles. The van der Waals surface area contributed by atoms with Crippen molar-refractivity contribution in [3.8, 4) is 0 Å². The second-order valence-electron chi connectivity index (χ2n) is 4.26. The third kappa shape index (κ3) is 3.33. The van der Waals surface area contributed by atoms with Crippen LogP contribution < -0.4 is 0 Å². The highest BCUT2D eigenvalue weighted by molar-refractivity contribution is 9.10. The summed E-state index contributed by atoms with van der Waals surface area (Å²) in [7, 11) is 0. The van der Waals surface area contributed by atoms with E-state index in [-0.39, 0.29) is 16.3 Å². The number of carbonyl (C=O) groups is 1. The monoisotopic (exact) mass is 313 g/mol. The topological polar surface area (TPSA) is 29.5 Å². The molecule has 100 valence electrons. The molecule has 4 heteroatoms. The molecule has 0 N–H and O–H groups in total. The summed E-state index contributed by atoms with van der Waals surface area (Å²) in [5, 5.41) is 0. The molecule has 1 rings (SSSR count). The van der Waals surface area contributed by atoms with Gasteiger partial charge >= 0.3 is 0 Å². The zero-order valence-corrected chi connectivity index (χ0v) is 12.7. The van der Waals surface area contributed by atoms with Crippen molar-refractivity contribution in [1.29, 1.82) is 0 Å².